The topological polar surface area (TPSA) is 34.4 Å². The van der Waals surface area contributed by atoms with Gasteiger partial charge in [-0.25, -0.2) is 0 Å². The van der Waals surface area contributed by atoms with Crippen LogP contribution in [0, 0.1) is 0 Å². The summed E-state index contributed by atoms with van der Waals surface area (Å²) in [5.41, 5.74) is 1.36. The van der Waals surface area contributed by atoms with Crippen molar-refractivity contribution in [1.82, 2.24) is 5.32 Å². The van der Waals surface area contributed by atoms with Gasteiger partial charge in [-0.1, -0.05) is 25.5 Å². The SMILES string of the molecule is CCCc1ccc(OCc2ccc(CNC3CC3)o2)cc1. The molecule has 112 valence electrons. The summed E-state index contributed by atoms with van der Waals surface area (Å²) < 4.78 is 11.5. The Morgan fingerprint density at radius 1 is 1.10 bits per heavy atom. The summed E-state index contributed by atoms with van der Waals surface area (Å²) in [6, 6.07) is 13.1. The first-order valence-corrected chi connectivity index (χ1v) is 7.86. The van der Waals surface area contributed by atoms with Crippen LogP contribution in [0.5, 0.6) is 5.75 Å². The molecule has 1 aromatic heterocycles. The molecule has 2 aromatic rings. The number of hydrogen-bond donors (Lipinski definition) is 1. The summed E-state index contributed by atoms with van der Waals surface area (Å²) in [6.07, 6.45) is 4.88. The van der Waals surface area contributed by atoms with E-state index in [1.165, 1.54) is 24.8 Å². The molecule has 0 amide bonds. The molecule has 1 aliphatic rings. The molecular weight excluding hydrogens is 262 g/mol. The minimum atomic E-state index is 0.483. The first-order valence-electron chi connectivity index (χ1n) is 7.86. The second kappa shape index (κ2) is 6.81. The van der Waals surface area contributed by atoms with Crippen LogP contribution in [0.25, 0.3) is 0 Å². The maximum Gasteiger partial charge on any atom is 0.146 e. The zero-order valence-electron chi connectivity index (χ0n) is 12.6. The van der Waals surface area contributed by atoms with Gasteiger partial charge in [0.25, 0.3) is 0 Å². The van der Waals surface area contributed by atoms with Crippen molar-refractivity contribution >= 4 is 0 Å². The van der Waals surface area contributed by atoms with Gasteiger partial charge in [0.1, 0.15) is 23.9 Å². The number of hydrogen-bond acceptors (Lipinski definition) is 3. The molecule has 0 spiro atoms. The van der Waals surface area contributed by atoms with E-state index in [-0.39, 0.29) is 0 Å². The predicted molar refractivity (Wildman–Crippen MR) is 83.3 cm³/mol. The van der Waals surface area contributed by atoms with Gasteiger partial charge < -0.3 is 14.5 Å². The third-order valence-electron chi connectivity index (χ3n) is 3.70. The lowest BCUT2D eigenvalue weighted by atomic mass is 10.1. The maximum atomic E-state index is 5.76. The van der Waals surface area contributed by atoms with Gasteiger partial charge in [-0.15, -0.1) is 0 Å². The molecule has 1 heterocycles. The molecule has 1 saturated carbocycles. The summed E-state index contributed by atoms with van der Waals surface area (Å²) in [4.78, 5) is 0. The molecule has 3 nitrogen and oxygen atoms in total. The Balaban J connectivity index is 1.47. The van der Waals surface area contributed by atoms with Crippen LogP contribution in [0.1, 0.15) is 43.3 Å². The predicted octanol–water partition coefficient (Wildman–Crippen LogP) is 4.06. The fraction of sp³-hybridized carbons (Fsp3) is 0.444. The molecule has 0 bridgehead atoms. The standard InChI is InChI=1S/C18H23NO2/c1-2-3-14-4-8-16(9-5-14)20-13-18-11-10-17(21-18)12-19-15-6-7-15/h4-5,8-11,15,19H,2-3,6-7,12-13H2,1H3. The Hall–Kier alpha value is -1.74. The van der Waals surface area contributed by atoms with E-state index in [2.05, 4.69) is 24.4 Å². The van der Waals surface area contributed by atoms with Crippen LogP contribution in [-0.2, 0) is 19.6 Å². The van der Waals surface area contributed by atoms with Gasteiger partial charge in [-0.3, -0.25) is 0 Å². The minimum Gasteiger partial charge on any atom is -0.486 e. The van der Waals surface area contributed by atoms with Crippen molar-refractivity contribution in [2.75, 3.05) is 0 Å². The first-order chi connectivity index (χ1) is 10.3. The zero-order chi connectivity index (χ0) is 14.5. The van der Waals surface area contributed by atoms with E-state index in [1.54, 1.807) is 0 Å². The Bertz CT molecular complexity index is 555. The van der Waals surface area contributed by atoms with Crippen molar-refractivity contribution in [3.8, 4) is 5.75 Å². The molecule has 0 saturated heterocycles. The number of benzene rings is 1. The van der Waals surface area contributed by atoms with Gasteiger partial charge in [-0.2, -0.15) is 0 Å². The highest BCUT2D eigenvalue weighted by Gasteiger charge is 2.20. The van der Waals surface area contributed by atoms with E-state index < -0.39 is 0 Å². The summed E-state index contributed by atoms with van der Waals surface area (Å²) in [7, 11) is 0. The molecule has 21 heavy (non-hydrogen) atoms. The number of nitrogens with one attached hydrogen (secondary N) is 1. The minimum absolute atomic E-state index is 0.483. The van der Waals surface area contributed by atoms with Crippen LogP contribution in [-0.4, -0.2) is 6.04 Å². The average molecular weight is 285 g/mol. The highest BCUT2D eigenvalue weighted by molar-refractivity contribution is 5.27. The Labute approximate surface area is 126 Å². The van der Waals surface area contributed by atoms with Gasteiger partial charge >= 0.3 is 0 Å². The second-order valence-electron chi connectivity index (χ2n) is 5.71. The summed E-state index contributed by atoms with van der Waals surface area (Å²) in [5.74, 6) is 2.75. The quantitative estimate of drug-likeness (QED) is 0.794. The largest absolute Gasteiger partial charge is 0.486 e. The highest BCUT2D eigenvalue weighted by Crippen LogP contribution is 2.20. The Morgan fingerprint density at radius 3 is 2.57 bits per heavy atom. The fourth-order valence-corrected chi connectivity index (χ4v) is 2.32. The van der Waals surface area contributed by atoms with E-state index >= 15 is 0 Å². The van der Waals surface area contributed by atoms with Gasteiger partial charge in [0.15, 0.2) is 0 Å². The molecule has 3 heteroatoms. The third-order valence-corrected chi connectivity index (χ3v) is 3.70. The molecule has 1 N–H and O–H groups in total. The maximum absolute atomic E-state index is 5.76. The van der Waals surface area contributed by atoms with Crippen LogP contribution >= 0.6 is 0 Å². The van der Waals surface area contributed by atoms with Gasteiger partial charge in [0.05, 0.1) is 6.54 Å². The first kappa shape index (κ1) is 14.2. The van der Waals surface area contributed by atoms with Crippen LogP contribution in [0.4, 0.5) is 0 Å². The second-order valence-corrected chi connectivity index (χ2v) is 5.71. The summed E-state index contributed by atoms with van der Waals surface area (Å²) >= 11 is 0. The van der Waals surface area contributed by atoms with Crippen LogP contribution in [0.15, 0.2) is 40.8 Å². The van der Waals surface area contributed by atoms with Crippen LogP contribution in [0.2, 0.25) is 0 Å². The molecular formula is C18H23NO2. The van der Waals surface area contributed by atoms with Crippen molar-refractivity contribution in [1.29, 1.82) is 0 Å². The molecule has 0 atom stereocenters. The molecule has 3 rings (SSSR count). The monoisotopic (exact) mass is 285 g/mol. The molecule has 1 aromatic carbocycles. The summed E-state index contributed by atoms with van der Waals surface area (Å²) in [5, 5.41) is 3.44. The van der Waals surface area contributed by atoms with E-state index in [0.29, 0.717) is 12.6 Å². The van der Waals surface area contributed by atoms with E-state index in [4.69, 9.17) is 9.15 Å². The Kier molecular flexibility index (Phi) is 4.61. The molecule has 0 radical (unpaired) electrons. The van der Waals surface area contributed by atoms with Crippen molar-refractivity contribution in [3.05, 3.63) is 53.5 Å². The van der Waals surface area contributed by atoms with Gasteiger partial charge in [-0.05, 0) is 49.1 Å². The molecule has 0 unspecified atom stereocenters. The van der Waals surface area contributed by atoms with Crippen molar-refractivity contribution in [2.45, 2.75) is 51.8 Å². The Morgan fingerprint density at radius 2 is 1.86 bits per heavy atom. The van der Waals surface area contributed by atoms with Gasteiger partial charge in [0, 0.05) is 6.04 Å². The average Bonchev–Trinajstić information content (AvgIpc) is 3.23. The van der Waals surface area contributed by atoms with Crippen LogP contribution in [0.3, 0.4) is 0 Å². The lowest BCUT2D eigenvalue weighted by Gasteiger charge is -2.05. The lowest BCUT2D eigenvalue weighted by Crippen LogP contribution is -2.14. The van der Waals surface area contributed by atoms with Crippen molar-refractivity contribution < 1.29 is 9.15 Å². The third kappa shape index (κ3) is 4.36. The van der Waals surface area contributed by atoms with E-state index in [0.717, 1.165) is 30.2 Å². The number of ether oxygens (including phenoxy) is 1. The molecule has 1 aliphatic carbocycles. The highest BCUT2D eigenvalue weighted by atomic mass is 16.5. The number of aryl methyl sites for hydroxylation is 1. The smallest absolute Gasteiger partial charge is 0.146 e. The normalized spacial score (nSPS) is 14.3. The zero-order valence-corrected chi connectivity index (χ0v) is 12.6. The summed E-state index contributed by atoms with van der Waals surface area (Å²) in [6.45, 7) is 3.49. The van der Waals surface area contributed by atoms with Gasteiger partial charge in [0.2, 0.25) is 0 Å². The van der Waals surface area contributed by atoms with E-state index in [1.807, 2.05) is 24.3 Å². The molecule has 0 aliphatic heterocycles. The lowest BCUT2D eigenvalue weighted by molar-refractivity contribution is 0.265. The van der Waals surface area contributed by atoms with E-state index in [9.17, 15) is 0 Å². The van der Waals surface area contributed by atoms with Crippen molar-refractivity contribution in [3.63, 3.8) is 0 Å². The fourth-order valence-electron chi connectivity index (χ4n) is 2.32. The van der Waals surface area contributed by atoms with Crippen LogP contribution < -0.4 is 10.1 Å². The number of furan rings is 1. The molecule has 1 fully saturated rings. The van der Waals surface area contributed by atoms with Crippen molar-refractivity contribution in [2.24, 2.45) is 0 Å². The number of rotatable bonds is 8.